The molecular weight excluding hydrogens is 183 g/mol. The summed E-state index contributed by atoms with van der Waals surface area (Å²) in [4.78, 5) is 2.25. The Bertz CT molecular complexity index is 153. The fourth-order valence-corrected chi connectivity index (χ4v) is 1.33. The quantitative estimate of drug-likeness (QED) is 0.736. The van der Waals surface area contributed by atoms with Gasteiger partial charge in [-0.05, 0) is 12.5 Å². The predicted molar refractivity (Wildman–Crippen MR) is 48.8 cm³/mol. The number of halogens is 2. The van der Waals surface area contributed by atoms with Crippen molar-refractivity contribution < 1.29 is 0 Å². The Balaban J connectivity index is 2.22. The van der Waals surface area contributed by atoms with Crippen LogP contribution in [0.5, 0.6) is 0 Å². The van der Waals surface area contributed by atoms with Crippen molar-refractivity contribution >= 4 is 23.2 Å². The third-order valence-electron chi connectivity index (χ3n) is 2.02. The van der Waals surface area contributed by atoms with Crippen LogP contribution in [0.4, 0.5) is 0 Å². The van der Waals surface area contributed by atoms with E-state index >= 15 is 0 Å². The average molecular weight is 195 g/mol. The van der Waals surface area contributed by atoms with Crippen LogP contribution in [0.3, 0.4) is 0 Å². The standard InChI is InChI=1S/C7H12Cl2N2/c8-7(9)2-4-11-3-1-6(11)5-10/h2,6H,1,3-5,10H2. The molecule has 1 saturated heterocycles. The molecule has 1 atom stereocenters. The second-order valence-corrected chi connectivity index (χ2v) is 3.67. The maximum Gasteiger partial charge on any atom is 0.104 e. The molecule has 0 spiro atoms. The van der Waals surface area contributed by atoms with E-state index in [1.54, 1.807) is 6.08 Å². The second-order valence-electron chi connectivity index (χ2n) is 2.67. The lowest BCUT2D eigenvalue weighted by Gasteiger charge is -2.39. The number of nitrogens with zero attached hydrogens (tertiary/aromatic N) is 1. The van der Waals surface area contributed by atoms with Crippen molar-refractivity contribution in [1.82, 2.24) is 4.90 Å². The van der Waals surface area contributed by atoms with Gasteiger partial charge in [-0.3, -0.25) is 4.90 Å². The lowest BCUT2D eigenvalue weighted by atomic mass is 10.0. The number of nitrogens with two attached hydrogens (primary N) is 1. The molecule has 0 aliphatic carbocycles. The van der Waals surface area contributed by atoms with Gasteiger partial charge in [0.05, 0.1) is 0 Å². The molecule has 1 fully saturated rings. The van der Waals surface area contributed by atoms with E-state index < -0.39 is 0 Å². The Morgan fingerprint density at radius 3 is 2.73 bits per heavy atom. The van der Waals surface area contributed by atoms with Gasteiger partial charge >= 0.3 is 0 Å². The maximum atomic E-state index is 5.50. The molecule has 2 N–H and O–H groups in total. The third kappa shape index (κ3) is 2.64. The summed E-state index contributed by atoms with van der Waals surface area (Å²) in [5.41, 5.74) is 5.50. The van der Waals surface area contributed by atoms with Crippen LogP contribution in [0.1, 0.15) is 6.42 Å². The molecule has 1 aliphatic heterocycles. The molecule has 1 rings (SSSR count). The fourth-order valence-electron chi connectivity index (χ4n) is 1.19. The van der Waals surface area contributed by atoms with Crippen molar-refractivity contribution in [1.29, 1.82) is 0 Å². The summed E-state index contributed by atoms with van der Waals surface area (Å²) in [6.45, 7) is 2.66. The Labute approximate surface area is 76.9 Å². The van der Waals surface area contributed by atoms with Gasteiger partial charge in [-0.15, -0.1) is 0 Å². The molecule has 0 aromatic heterocycles. The first kappa shape index (κ1) is 9.33. The summed E-state index contributed by atoms with van der Waals surface area (Å²) in [6, 6.07) is 0.541. The van der Waals surface area contributed by atoms with Crippen molar-refractivity contribution in [2.24, 2.45) is 5.73 Å². The summed E-state index contributed by atoms with van der Waals surface area (Å²) in [7, 11) is 0. The van der Waals surface area contributed by atoms with Gasteiger partial charge in [-0.1, -0.05) is 23.2 Å². The van der Waals surface area contributed by atoms with E-state index in [9.17, 15) is 0 Å². The normalized spacial score (nSPS) is 24.5. The minimum Gasteiger partial charge on any atom is -0.329 e. The number of hydrogen-bond donors (Lipinski definition) is 1. The lowest BCUT2D eigenvalue weighted by Crippen LogP contribution is -2.51. The molecule has 64 valence electrons. The molecule has 4 heteroatoms. The van der Waals surface area contributed by atoms with Crippen LogP contribution < -0.4 is 5.73 Å². The molecule has 0 bridgehead atoms. The number of rotatable bonds is 3. The van der Waals surface area contributed by atoms with E-state index in [1.165, 1.54) is 6.42 Å². The van der Waals surface area contributed by atoms with Crippen LogP contribution >= 0.6 is 23.2 Å². The van der Waals surface area contributed by atoms with Crippen LogP contribution in [-0.4, -0.2) is 30.6 Å². The summed E-state index contributed by atoms with van der Waals surface area (Å²) >= 11 is 10.9. The van der Waals surface area contributed by atoms with Gasteiger partial charge in [0, 0.05) is 25.7 Å². The van der Waals surface area contributed by atoms with Gasteiger partial charge in [0.25, 0.3) is 0 Å². The summed E-state index contributed by atoms with van der Waals surface area (Å²) in [5.74, 6) is 0. The highest BCUT2D eigenvalue weighted by atomic mass is 35.5. The van der Waals surface area contributed by atoms with E-state index in [-0.39, 0.29) is 0 Å². The van der Waals surface area contributed by atoms with Gasteiger partial charge in [0.15, 0.2) is 0 Å². The van der Waals surface area contributed by atoms with Crippen LogP contribution in [0, 0.1) is 0 Å². The molecule has 0 aromatic carbocycles. The highest BCUT2D eigenvalue weighted by molar-refractivity contribution is 6.55. The Morgan fingerprint density at radius 2 is 2.36 bits per heavy atom. The van der Waals surface area contributed by atoms with Crippen molar-refractivity contribution in [3.63, 3.8) is 0 Å². The molecule has 2 nitrogen and oxygen atoms in total. The summed E-state index contributed by atoms with van der Waals surface area (Å²) in [6.07, 6.45) is 3.00. The molecule has 0 radical (unpaired) electrons. The highest BCUT2D eigenvalue weighted by Gasteiger charge is 2.24. The molecule has 0 aromatic rings. The first-order valence-electron chi connectivity index (χ1n) is 3.69. The summed E-state index contributed by atoms with van der Waals surface area (Å²) in [5, 5.41) is 0. The maximum absolute atomic E-state index is 5.50. The van der Waals surface area contributed by atoms with Crippen molar-refractivity contribution in [3.8, 4) is 0 Å². The third-order valence-corrected chi connectivity index (χ3v) is 2.33. The van der Waals surface area contributed by atoms with Crippen molar-refractivity contribution in [3.05, 3.63) is 10.6 Å². The minimum atomic E-state index is 0.340. The monoisotopic (exact) mass is 194 g/mol. The topological polar surface area (TPSA) is 29.3 Å². The molecule has 1 heterocycles. The zero-order valence-electron chi connectivity index (χ0n) is 6.26. The fraction of sp³-hybridized carbons (Fsp3) is 0.714. The molecule has 1 unspecified atom stereocenters. The zero-order valence-corrected chi connectivity index (χ0v) is 7.78. The van der Waals surface area contributed by atoms with E-state index in [1.807, 2.05) is 0 Å². The van der Waals surface area contributed by atoms with Gasteiger partial charge in [0.1, 0.15) is 4.49 Å². The van der Waals surface area contributed by atoms with Crippen molar-refractivity contribution in [2.45, 2.75) is 12.5 Å². The number of hydrogen-bond acceptors (Lipinski definition) is 2. The van der Waals surface area contributed by atoms with Crippen LogP contribution in [0.2, 0.25) is 0 Å². The van der Waals surface area contributed by atoms with Crippen molar-refractivity contribution in [2.75, 3.05) is 19.6 Å². The van der Waals surface area contributed by atoms with Gasteiger partial charge in [0.2, 0.25) is 0 Å². The minimum absolute atomic E-state index is 0.340. The van der Waals surface area contributed by atoms with Gasteiger partial charge in [-0.25, -0.2) is 0 Å². The smallest absolute Gasteiger partial charge is 0.104 e. The second kappa shape index (κ2) is 4.31. The molecule has 11 heavy (non-hydrogen) atoms. The average Bonchev–Trinajstić information content (AvgIpc) is 1.86. The first-order chi connectivity index (χ1) is 5.24. The van der Waals surface area contributed by atoms with Crippen LogP contribution in [-0.2, 0) is 0 Å². The van der Waals surface area contributed by atoms with Crippen LogP contribution in [0.25, 0.3) is 0 Å². The van der Waals surface area contributed by atoms with Gasteiger partial charge in [-0.2, -0.15) is 0 Å². The Morgan fingerprint density at radius 1 is 1.64 bits per heavy atom. The Kier molecular flexibility index (Phi) is 3.66. The van der Waals surface area contributed by atoms with E-state index in [2.05, 4.69) is 4.90 Å². The van der Waals surface area contributed by atoms with E-state index in [0.717, 1.165) is 19.6 Å². The molecule has 0 amide bonds. The molecular formula is C7H12Cl2N2. The molecule has 1 aliphatic rings. The largest absolute Gasteiger partial charge is 0.329 e. The Hall–Kier alpha value is 0.240. The zero-order chi connectivity index (χ0) is 8.27. The van der Waals surface area contributed by atoms with Gasteiger partial charge < -0.3 is 5.73 Å². The van der Waals surface area contributed by atoms with Crippen LogP contribution in [0.15, 0.2) is 10.6 Å². The molecule has 0 saturated carbocycles. The SMILES string of the molecule is NCC1CCN1CC=C(Cl)Cl. The summed E-state index contributed by atoms with van der Waals surface area (Å²) < 4.78 is 0.340. The first-order valence-corrected chi connectivity index (χ1v) is 4.45. The van der Waals surface area contributed by atoms with E-state index in [0.29, 0.717) is 10.5 Å². The van der Waals surface area contributed by atoms with E-state index in [4.69, 9.17) is 28.9 Å². The number of likely N-dealkylation sites (tertiary alicyclic amines) is 1. The highest BCUT2D eigenvalue weighted by Crippen LogP contribution is 2.16. The lowest BCUT2D eigenvalue weighted by molar-refractivity contribution is 0.113. The predicted octanol–water partition coefficient (Wildman–Crippen LogP) is 1.34.